The van der Waals surface area contributed by atoms with Crippen molar-refractivity contribution in [3.63, 3.8) is 0 Å². The fraction of sp³-hybridized carbons (Fsp3) is 0.647. The van der Waals surface area contributed by atoms with Gasteiger partial charge in [0.25, 0.3) is 0 Å². The minimum absolute atomic E-state index is 0.432. The predicted octanol–water partition coefficient (Wildman–Crippen LogP) is 3.47. The molecule has 1 aromatic rings. The van der Waals surface area contributed by atoms with Crippen molar-refractivity contribution in [2.75, 3.05) is 33.3 Å². The van der Waals surface area contributed by atoms with Crippen LogP contribution in [0.2, 0.25) is 0 Å². The maximum atomic E-state index is 5.21. The summed E-state index contributed by atoms with van der Waals surface area (Å²) >= 11 is 0. The number of hydrogen-bond donors (Lipinski definition) is 1. The summed E-state index contributed by atoms with van der Waals surface area (Å²) in [6.07, 6.45) is 2.33. The van der Waals surface area contributed by atoms with Crippen LogP contribution in [0.1, 0.15) is 45.2 Å². The van der Waals surface area contributed by atoms with Crippen LogP contribution in [0.3, 0.4) is 0 Å². The summed E-state index contributed by atoms with van der Waals surface area (Å²) in [5.41, 5.74) is 1.34. The zero-order chi connectivity index (χ0) is 14.8. The van der Waals surface area contributed by atoms with Crippen LogP contribution in [0.5, 0.6) is 5.75 Å². The Kier molecular flexibility index (Phi) is 8.31. The second-order valence-corrected chi connectivity index (χ2v) is 5.12. The Morgan fingerprint density at radius 1 is 1.10 bits per heavy atom. The summed E-state index contributed by atoms with van der Waals surface area (Å²) in [4.78, 5) is 2.49. The molecule has 0 heterocycles. The first-order valence-corrected chi connectivity index (χ1v) is 7.84. The van der Waals surface area contributed by atoms with Gasteiger partial charge in [-0.15, -0.1) is 0 Å². The highest BCUT2D eigenvalue weighted by Crippen LogP contribution is 2.19. The molecule has 0 aliphatic rings. The molecule has 0 aliphatic heterocycles. The molecule has 114 valence electrons. The Hall–Kier alpha value is -1.06. The zero-order valence-corrected chi connectivity index (χ0v) is 13.5. The summed E-state index contributed by atoms with van der Waals surface area (Å²) in [6.45, 7) is 11.2. The lowest BCUT2D eigenvalue weighted by Gasteiger charge is -2.23. The molecule has 0 amide bonds. The predicted molar refractivity (Wildman–Crippen MR) is 86.4 cm³/mol. The van der Waals surface area contributed by atoms with Gasteiger partial charge in [0.15, 0.2) is 0 Å². The van der Waals surface area contributed by atoms with Gasteiger partial charge in [-0.2, -0.15) is 0 Å². The Morgan fingerprint density at radius 2 is 1.80 bits per heavy atom. The van der Waals surface area contributed by atoms with Crippen molar-refractivity contribution in [1.82, 2.24) is 10.2 Å². The van der Waals surface area contributed by atoms with Gasteiger partial charge in [0.1, 0.15) is 5.75 Å². The van der Waals surface area contributed by atoms with Gasteiger partial charge >= 0.3 is 0 Å². The monoisotopic (exact) mass is 278 g/mol. The van der Waals surface area contributed by atoms with Crippen molar-refractivity contribution in [3.05, 3.63) is 29.8 Å². The van der Waals surface area contributed by atoms with Crippen molar-refractivity contribution >= 4 is 0 Å². The second-order valence-electron chi connectivity index (χ2n) is 5.12. The van der Waals surface area contributed by atoms with Gasteiger partial charge in [-0.3, -0.25) is 0 Å². The van der Waals surface area contributed by atoms with Crippen molar-refractivity contribution in [2.24, 2.45) is 0 Å². The van der Waals surface area contributed by atoms with E-state index >= 15 is 0 Å². The molecule has 0 aliphatic carbocycles. The number of nitrogens with one attached hydrogen (secondary N) is 1. The molecule has 0 spiro atoms. The number of ether oxygens (including phenoxy) is 1. The first-order chi connectivity index (χ1) is 9.74. The SMILES string of the molecule is CCCN(CC)CCNC(CC)c1ccc(OC)cc1. The Balaban J connectivity index is 2.45. The fourth-order valence-corrected chi connectivity index (χ4v) is 2.48. The molecular weight excluding hydrogens is 248 g/mol. The van der Waals surface area contributed by atoms with Gasteiger partial charge in [-0.05, 0) is 43.6 Å². The van der Waals surface area contributed by atoms with Crippen LogP contribution in [0, 0.1) is 0 Å². The minimum atomic E-state index is 0.432. The van der Waals surface area contributed by atoms with E-state index in [1.54, 1.807) is 7.11 Å². The fourth-order valence-electron chi connectivity index (χ4n) is 2.48. The van der Waals surface area contributed by atoms with Crippen molar-refractivity contribution in [2.45, 2.75) is 39.7 Å². The van der Waals surface area contributed by atoms with Gasteiger partial charge in [-0.1, -0.05) is 32.9 Å². The number of nitrogens with zero attached hydrogens (tertiary/aromatic N) is 1. The Morgan fingerprint density at radius 3 is 2.30 bits per heavy atom. The number of likely N-dealkylation sites (N-methyl/N-ethyl adjacent to an activating group) is 1. The molecule has 0 aromatic heterocycles. The van der Waals surface area contributed by atoms with Gasteiger partial charge < -0.3 is 15.0 Å². The standard InChI is InChI=1S/C17H30N2O/c1-5-13-19(7-3)14-12-18-17(6-2)15-8-10-16(20-4)11-9-15/h8-11,17-18H,5-7,12-14H2,1-4H3. The number of benzene rings is 1. The summed E-state index contributed by atoms with van der Waals surface area (Å²) < 4.78 is 5.21. The highest BCUT2D eigenvalue weighted by molar-refractivity contribution is 5.29. The van der Waals surface area contributed by atoms with Gasteiger partial charge in [0.2, 0.25) is 0 Å². The van der Waals surface area contributed by atoms with Gasteiger partial charge in [-0.25, -0.2) is 0 Å². The van der Waals surface area contributed by atoms with Crippen LogP contribution in [0.4, 0.5) is 0 Å². The molecule has 0 bridgehead atoms. The molecule has 0 fully saturated rings. The largest absolute Gasteiger partial charge is 0.497 e. The van der Waals surface area contributed by atoms with Crippen LogP contribution in [-0.2, 0) is 0 Å². The average Bonchev–Trinajstić information content (AvgIpc) is 2.50. The Labute approximate surface area is 124 Å². The van der Waals surface area contributed by atoms with E-state index in [0.29, 0.717) is 6.04 Å². The molecule has 1 atom stereocenters. The van der Waals surface area contributed by atoms with E-state index in [0.717, 1.165) is 31.8 Å². The summed E-state index contributed by atoms with van der Waals surface area (Å²) in [5.74, 6) is 0.920. The third kappa shape index (κ3) is 5.51. The quantitative estimate of drug-likeness (QED) is 0.709. The lowest BCUT2D eigenvalue weighted by molar-refractivity contribution is 0.282. The second kappa shape index (κ2) is 9.78. The molecule has 1 unspecified atom stereocenters. The Bertz CT molecular complexity index is 351. The molecule has 3 nitrogen and oxygen atoms in total. The van der Waals surface area contributed by atoms with Gasteiger partial charge in [0.05, 0.1) is 7.11 Å². The molecule has 0 saturated heterocycles. The molecule has 0 radical (unpaired) electrons. The molecule has 0 saturated carbocycles. The van der Waals surface area contributed by atoms with E-state index in [2.05, 4.69) is 43.1 Å². The van der Waals surface area contributed by atoms with E-state index in [9.17, 15) is 0 Å². The third-order valence-electron chi connectivity index (χ3n) is 3.73. The first-order valence-electron chi connectivity index (χ1n) is 7.84. The summed E-state index contributed by atoms with van der Waals surface area (Å²) in [7, 11) is 1.71. The molecular formula is C17H30N2O. The van der Waals surface area contributed by atoms with Crippen LogP contribution < -0.4 is 10.1 Å². The molecule has 20 heavy (non-hydrogen) atoms. The van der Waals surface area contributed by atoms with Crippen molar-refractivity contribution < 1.29 is 4.74 Å². The first kappa shape index (κ1) is 17.0. The maximum absolute atomic E-state index is 5.21. The normalized spacial score (nSPS) is 12.7. The lowest BCUT2D eigenvalue weighted by Crippen LogP contribution is -2.34. The van der Waals surface area contributed by atoms with Crippen LogP contribution in [-0.4, -0.2) is 38.2 Å². The van der Waals surface area contributed by atoms with Gasteiger partial charge in [0, 0.05) is 19.1 Å². The van der Waals surface area contributed by atoms with E-state index in [-0.39, 0.29) is 0 Å². The molecule has 1 N–H and O–H groups in total. The van der Waals surface area contributed by atoms with Crippen LogP contribution >= 0.6 is 0 Å². The van der Waals surface area contributed by atoms with E-state index in [4.69, 9.17) is 4.74 Å². The summed E-state index contributed by atoms with van der Waals surface area (Å²) in [5, 5.41) is 3.66. The van der Waals surface area contributed by atoms with Crippen LogP contribution in [0.15, 0.2) is 24.3 Å². The number of hydrogen-bond acceptors (Lipinski definition) is 3. The topological polar surface area (TPSA) is 24.5 Å². The lowest BCUT2D eigenvalue weighted by atomic mass is 10.0. The van der Waals surface area contributed by atoms with E-state index in [1.807, 2.05) is 12.1 Å². The van der Waals surface area contributed by atoms with Crippen molar-refractivity contribution in [3.8, 4) is 5.75 Å². The highest BCUT2D eigenvalue weighted by atomic mass is 16.5. The minimum Gasteiger partial charge on any atom is -0.497 e. The average molecular weight is 278 g/mol. The molecule has 1 rings (SSSR count). The highest BCUT2D eigenvalue weighted by Gasteiger charge is 2.09. The van der Waals surface area contributed by atoms with Crippen molar-refractivity contribution in [1.29, 1.82) is 0 Å². The van der Waals surface area contributed by atoms with Crippen LogP contribution in [0.25, 0.3) is 0 Å². The third-order valence-corrected chi connectivity index (χ3v) is 3.73. The number of rotatable bonds is 10. The maximum Gasteiger partial charge on any atom is 0.118 e. The van der Waals surface area contributed by atoms with E-state index in [1.165, 1.54) is 18.5 Å². The molecule has 3 heteroatoms. The summed E-state index contributed by atoms with van der Waals surface area (Å²) in [6, 6.07) is 8.82. The number of methoxy groups -OCH3 is 1. The van der Waals surface area contributed by atoms with E-state index < -0.39 is 0 Å². The zero-order valence-electron chi connectivity index (χ0n) is 13.5. The molecule has 1 aromatic carbocycles. The smallest absolute Gasteiger partial charge is 0.118 e.